The number of piperidine rings is 1. The average Bonchev–Trinajstić information content (AvgIpc) is 3.49. The van der Waals surface area contributed by atoms with Gasteiger partial charge in [-0.3, -0.25) is 4.79 Å². The van der Waals surface area contributed by atoms with Crippen LogP contribution in [0.1, 0.15) is 127 Å². The van der Waals surface area contributed by atoms with E-state index in [0.717, 1.165) is 69.3 Å². The molecule has 2 aliphatic heterocycles. The summed E-state index contributed by atoms with van der Waals surface area (Å²) in [4.78, 5) is 25.9. The van der Waals surface area contributed by atoms with Crippen LogP contribution in [0.3, 0.4) is 0 Å². The van der Waals surface area contributed by atoms with Crippen LogP contribution in [0.4, 0.5) is 4.79 Å². The molecule has 3 N–H and O–H groups in total. The number of nitrogens with zero attached hydrogens (tertiary/aromatic N) is 4. The van der Waals surface area contributed by atoms with Crippen LogP contribution in [0.25, 0.3) is 0 Å². The fraction of sp³-hybridized carbons (Fsp3) is 0.840. The molecule has 1 aromatic heterocycles. The lowest BCUT2D eigenvalue weighted by Gasteiger charge is -2.41. The minimum absolute atomic E-state index is 0.0625. The Bertz CT molecular complexity index is 1070. The van der Waals surface area contributed by atoms with Crippen molar-refractivity contribution in [2.45, 2.75) is 122 Å². The number of hydrogen-bond donors (Lipinski definition) is 2. The maximum Gasteiger partial charge on any atom is 0.437 e. The highest BCUT2D eigenvalue weighted by atomic mass is 32.3. The molecule has 2 aliphatic rings. The molecule has 0 spiro atoms. The van der Waals surface area contributed by atoms with Crippen molar-refractivity contribution in [2.75, 3.05) is 6.54 Å². The van der Waals surface area contributed by atoms with Crippen molar-refractivity contribution in [3.8, 4) is 0 Å². The summed E-state index contributed by atoms with van der Waals surface area (Å²) >= 11 is 0. The van der Waals surface area contributed by atoms with E-state index in [2.05, 4.69) is 43.4 Å². The van der Waals surface area contributed by atoms with E-state index in [0.29, 0.717) is 12.8 Å². The third-order valence-electron chi connectivity index (χ3n) is 7.78. The third-order valence-corrected chi connectivity index (χ3v) is 8.41. The van der Waals surface area contributed by atoms with Crippen LogP contribution < -0.4 is 11.2 Å². The van der Waals surface area contributed by atoms with Crippen molar-refractivity contribution >= 4 is 22.3 Å². The first-order valence-corrected chi connectivity index (χ1v) is 15.6. The van der Waals surface area contributed by atoms with Crippen LogP contribution in [0.15, 0.2) is 4.42 Å². The molecule has 0 saturated carbocycles. The molecular weight excluding hydrogens is 528 g/mol. The van der Waals surface area contributed by atoms with Crippen LogP contribution in [0, 0.1) is 5.92 Å². The van der Waals surface area contributed by atoms with Crippen LogP contribution in [-0.2, 0) is 19.0 Å². The number of rotatable bonds is 18. The number of nitrogens with one attached hydrogen (secondary N) is 1. The maximum atomic E-state index is 13.2. The second-order valence-corrected chi connectivity index (χ2v) is 11.8. The number of aromatic nitrogens is 2. The first-order chi connectivity index (χ1) is 18.6. The van der Waals surface area contributed by atoms with Crippen LogP contribution in [0.5, 0.6) is 0 Å². The van der Waals surface area contributed by atoms with E-state index < -0.39 is 40.0 Å². The number of urea groups is 1. The molecule has 3 amide bonds. The van der Waals surface area contributed by atoms with Gasteiger partial charge in [0, 0.05) is 12.1 Å². The highest BCUT2D eigenvalue weighted by Crippen LogP contribution is 2.39. The molecular formula is C25H44N6O7S. The number of unbranched alkanes of at least 4 members (excludes halogenated alkanes) is 2. The SMILES string of the molecule is CCCCC(CCC)C(CCC)(CCCC)NOS(=O)(=O)ON1C(=O)N2C[C@@H]1CC[C@H]2c1nnc(C(N)=O)o1. The molecule has 1 aromatic rings. The predicted molar refractivity (Wildman–Crippen MR) is 142 cm³/mol. The Hall–Kier alpha value is -2.29. The number of carbonyl (C=O) groups excluding carboxylic acids is 2. The van der Waals surface area contributed by atoms with Gasteiger partial charge in [-0.2, -0.15) is 23.2 Å². The molecule has 4 atom stereocenters. The van der Waals surface area contributed by atoms with E-state index in [1.165, 1.54) is 4.90 Å². The summed E-state index contributed by atoms with van der Waals surface area (Å²) in [6.07, 6.45) is 10.2. The summed E-state index contributed by atoms with van der Waals surface area (Å²) in [6, 6.07) is -1.78. The standard InChI is InChI=1S/C25H44N6O7S/c1-5-9-12-18(11-7-3)25(15-8-4,16-10-6-2)29-37-39(34,35)38-31-19-13-14-20(30(17-19)24(31)33)22-27-28-23(36-22)21(26)32/h18-20,29H,5-17H2,1-4H3,(H2,26,32)/t18?,19-,20-,25?/m0/s1. The summed E-state index contributed by atoms with van der Waals surface area (Å²) in [5, 5.41) is 8.29. The summed E-state index contributed by atoms with van der Waals surface area (Å²) in [6.45, 7) is 8.68. The Balaban J connectivity index is 1.73. The van der Waals surface area contributed by atoms with Gasteiger partial charge in [-0.05, 0) is 44.4 Å². The molecule has 2 fully saturated rings. The minimum Gasteiger partial charge on any atom is -0.415 e. The number of nitrogens with two attached hydrogens (primary N) is 1. The largest absolute Gasteiger partial charge is 0.437 e. The lowest BCUT2D eigenvalue weighted by molar-refractivity contribution is -0.0573. The van der Waals surface area contributed by atoms with Crippen LogP contribution in [-0.4, -0.2) is 58.6 Å². The number of carbonyl (C=O) groups is 2. The fourth-order valence-corrected chi connectivity index (χ4v) is 6.54. The van der Waals surface area contributed by atoms with Gasteiger partial charge in [0.15, 0.2) is 0 Å². The Kier molecular flexibility index (Phi) is 11.1. The quantitative estimate of drug-likeness (QED) is 0.244. The summed E-state index contributed by atoms with van der Waals surface area (Å²) in [5.41, 5.74) is 7.62. The Morgan fingerprint density at radius 1 is 1.10 bits per heavy atom. The fourth-order valence-electron chi connectivity index (χ4n) is 5.86. The Labute approximate surface area is 231 Å². The highest BCUT2D eigenvalue weighted by molar-refractivity contribution is 7.81. The van der Waals surface area contributed by atoms with E-state index in [-0.39, 0.29) is 24.2 Å². The molecule has 2 bridgehead atoms. The van der Waals surface area contributed by atoms with E-state index in [4.69, 9.17) is 18.7 Å². The molecule has 2 saturated heterocycles. The van der Waals surface area contributed by atoms with Gasteiger partial charge < -0.3 is 15.1 Å². The Morgan fingerprint density at radius 2 is 1.85 bits per heavy atom. The van der Waals surface area contributed by atoms with Crippen molar-refractivity contribution in [1.29, 1.82) is 0 Å². The lowest BCUT2D eigenvalue weighted by atomic mass is 9.73. The number of amides is 3. The van der Waals surface area contributed by atoms with Crippen LogP contribution >= 0.6 is 0 Å². The smallest absolute Gasteiger partial charge is 0.415 e. The van der Waals surface area contributed by atoms with Crippen molar-refractivity contribution in [1.82, 2.24) is 25.6 Å². The first-order valence-electron chi connectivity index (χ1n) is 14.2. The molecule has 3 rings (SSSR count). The number of hydroxylamine groups is 3. The number of hydrogen-bond acceptors (Lipinski definition) is 10. The van der Waals surface area contributed by atoms with Gasteiger partial charge in [-0.25, -0.2) is 4.79 Å². The summed E-state index contributed by atoms with van der Waals surface area (Å²) in [7, 11) is -4.62. The molecule has 13 nitrogen and oxygen atoms in total. The lowest BCUT2D eigenvalue weighted by Crippen LogP contribution is -2.52. The van der Waals surface area contributed by atoms with Gasteiger partial charge in [-0.1, -0.05) is 66.2 Å². The van der Waals surface area contributed by atoms with Gasteiger partial charge in [0.05, 0.1) is 6.04 Å². The monoisotopic (exact) mass is 572 g/mol. The molecule has 0 aliphatic carbocycles. The van der Waals surface area contributed by atoms with E-state index in [1.807, 2.05) is 0 Å². The van der Waals surface area contributed by atoms with E-state index in [1.54, 1.807) is 0 Å². The van der Waals surface area contributed by atoms with Crippen molar-refractivity contribution in [2.24, 2.45) is 11.7 Å². The molecule has 3 heterocycles. The first kappa shape index (κ1) is 31.2. The third kappa shape index (κ3) is 7.47. The maximum absolute atomic E-state index is 13.2. The Morgan fingerprint density at radius 3 is 2.46 bits per heavy atom. The van der Waals surface area contributed by atoms with Crippen molar-refractivity contribution < 1.29 is 31.0 Å². The topological polar surface area (TPSA) is 170 Å². The number of fused-ring (bicyclic) bond motifs is 2. The molecule has 222 valence electrons. The molecule has 14 heteroatoms. The predicted octanol–water partition coefficient (Wildman–Crippen LogP) is 4.14. The average molecular weight is 573 g/mol. The zero-order chi connectivity index (χ0) is 28.6. The second kappa shape index (κ2) is 13.9. The van der Waals surface area contributed by atoms with Gasteiger partial charge in [0.1, 0.15) is 6.04 Å². The second-order valence-electron chi connectivity index (χ2n) is 10.6. The molecule has 39 heavy (non-hydrogen) atoms. The summed E-state index contributed by atoms with van der Waals surface area (Å²) in [5.74, 6) is -0.923. The van der Waals surface area contributed by atoms with E-state index in [9.17, 15) is 18.0 Å². The molecule has 2 unspecified atom stereocenters. The summed E-state index contributed by atoms with van der Waals surface area (Å²) < 4.78 is 42.0. The van der Waals surface area contributed by atoms with Gasteiger partial charge in [0.2, 0.25) is 5.89 Å². The van der Waals surface area contributed by atoms with Gasteiger partial charge in [0.25, 0.3) is 0 Å². The zero-order valence-electron chi connectivity index (χ0n) is 23.6. The van der Waals surface area contributed by atoms with Gasteiger partial charge >= 0.3 is 28.2 Å². The molecule has 0 radical (unpaired) electrons. The van der Waals surface area contributed by atoms with Crippen molar-refractivity contribution in [3.63, 3.8) is 0 Å². The normalized spacial score (nSPS) is 21.8. The van der Waals surface area contributed by atoms with E-state index >= 15 is 0 Å². The molecule has 0 aromatic carbocycles. The highest BCUT2D eigenvalue weighted by Gasteiger charge is 2.50. The van der Waals surface area contributed by atoms with Crippen LogP contribution in [0.2, 0.25) is 0 Å². The van der Waals surface area contributed by atoms with Crippen molar-refractivity contribution in [3.05, 3.63) is 11.8 Å². The van der Waals surface area contributed by atoms with Gasteiger partial charge in [-0.15, -0.1) is 14.5 Å². The number of primary amides is 1. The minimum atomic E-state index is -4.62. The zero-order valence-corrected chi connectivity index (χ0v) is 24.4.